The predicted molar refractivity (Wildman–Crippen MR) is 216 cm³/mol. The molecule has 0 spiro atoms. The van der Waals surface area contributed by atoms with Crippen molar-refractivity contribution in [2.75, 3.05) is 0 Å². The summed E-state index contributed by atoms with van der Waals surface area (Å²) in [6, 6.07) is 74.1. The molecule has 5 heteroatoms. The molecule has 0 amide bonds. The van der Waals surface area contributed by atoms with Crippen molar-refractivity contribution in [3.63, 3.8) is 0 Å². The number of para-hydroxylation sites is 4. The molecule has 0 radical (unpaired) electrons. The molecule has 0 heterocycles. The molecule has 0 unspecified atom stereocenters. The summed E-state index contributed by atoms with van der Waals surface area (Å²) >= 11 is -4.12. The number of ether oxygens (including phenoxy) is 4. The second-order valence-corrected chi connectivity index (χ2v) is 23.4. The van der Waals surface area contributed by atoms with Gasteiger partial charge in [-0.3, -0.25) is 0 Å². The Kier molecular flexibility index (Phi) is 10.2. The third-order valence-corrected chi connectivity index (χ3v) is 22.8. The van der Waals surface area contributed by atoms with Crippen LogP contribution in [0.3, 0.4) is 0 Å². The molecule has 0 aromatic heterocycles. The van der Waals surface area contributed by atoms with Crippen LogP contribution in [0.25, 0.3) is 0 Å². The number of hydrogen-bond donors (Lipinski definition) is 0. The SMILES string of the molecule is c1ccc(Oc2cc[c]([Sn]([c]3ccc(Oc4ccccc4)cc3)([c]3ccc(Oc4ccccc4)cc3)[c]3ccc(Oc4ccccc4)cc3)cc2)cc1. The fourth-order valence-corrected chi connectivity index (χ4v) is 19.9. The normalized spacial score (nSPS) is 11.0. The first-order valence-electron chi connectivity index (χ1n) is 17.6. The molecule has 0 saturated heterocycles. The van der Waals surface area contributed by atoms with E-state index in [1.807, 2.05) is 121 Å². The Morgan fingerprint density at radius 1 is 0.189 bits per heavy atom. The van der Waals surface area contributed by atoms with Gasteiger partial charge >= 0.3 is 316 Å². The summed E-state index contributed by atoms with van der Waals surface area (Å²) in [6.45, 7) is 0. The van der Waals surface area contributed by atoms with Gasteiger partial charge in [0.15, 0.2) is 0 Å². The Balaban J connectivity index is 1.25. The summed E-state index contributed by atoms with van der Waals surface area (Å²) < 4.78 is 30.1. The Morgan fingerprint density at radius 3 is 0.547 bits per heavy atom. The van der Waals surface area contributed by atoms with Gasteiger partial charge < -0.3 is 0 Å². The predicted octanol–water partition coefficient (Wildman–Crippen LogP) is 10.2. The van der Waals surface area contributed by atoms with E-state index in [2.05, 4.69) is 97.1 Å². The van der Waals surface area contributed by atoms with Gasteiger partial charge in [-0.05, 0) is 0 Å². The fourth-order valence-electron chi connectivity index (χ4n) is 6.59. The molecule has 8 rings (SSSR count). The van der Waals surface area contributed by atoms with Crippen LogP contribution in [-0.2, 0) is 0 Å². The van der Waals surface area contributed by atoms with Gasteiger partial charge in [-0.1, -0.05) is 0 Å². The van der Waals surface area contributed by atoms with Crippen molar-refractivity contribution in [2.24, 2.45) is 0 Å². The van der Waals surface area contributed by atoms with Crippen molar-refractivity contribution in [2.45, 2.75) is 0 Å². The molecule has 0 atom stereocenters. The van der Waals surface area contributed by atoms with Crippen molar-refractivity contribution < 1.29 is 18.9 Å². The Labute approximate surface area is 314 Å². The fraction of sp³-hybridized carbons (Fsp3) is 0. The Bertz CT molecular complexity index is 1990. The van der Waals surface area contributed by atoms with Gasteiger partial charge in [0.05, 0.1) is 0 Å². The molecule has 0 saturated carbocycles. The van der Waals surface area contributed by atoms with Crippen LogP contribution in [-0.4, -0.2) is 18.4 Å². The van der Waals surface area contributed by atoms with Crippen LogP contribution < -0.4 is 33.3 Å². The summed E-state index contributed by atoms with van der Waals surface area (Å²) in [6.07, 6.45) is 0. The molecular formula is C48H36O4Sn. The van der Waals surface area contributed by atoms with E-state index in [4.69, 9.17) is 18.9 Å². The van der Waals surface area contributed by atoms with E-state index in [0.29, 0.717) is 0 Å². The minimum atomic E-state index is -4.12. The first-order chi connectivity index (χ1) is 26.2. The van der Waals surface area contributed by atoms with Crippen LogP contribution in [0.15, 0.2) is 218 Å². The van der Waals surface area contributed by atoms with Crippen LogP contribution in [0.1, 0.15) is 0 Å². The molecule has 0 N–H and O–H groups in total. The molecular weight excluding hydrogens is 759 g/mol. The van der Waals surface area contributed by atoms with Crippen LogP contribution >= 0.6 is 0 Å². The van der Waals surface area contributed by atoms with Gasteiger partial charge in [0.25, 0.3) is 0 Å². The zero-order chi connectivity index (χ0) is 35.7. The second kappa shape index (κ2) is 16.0. The van der Waals surface area contributed by atoms with Gasteiger partial charge in [-0.25, -0.2) is 0 Å². The van der Waals surface area contributed by atoms with E-state index in [-0.39, 0.29) is 0 Å². The summed E-state index contributed by atoms with van der Waals surface area (Å²) in [4.78, 5) is 0. The zero-order valence-electron chi connectivity index (χ0n) is 28.9. The average molecular weight is 796 g/mol. The number of hydrogen-bond acceptors (Lipinski definition) is 4. The molecule has 0 aliphatic heterocycles. The third kappa shape index (κ3) is 7.83. The van der Waals surface area contributed by atoms with Crippen molar-refractivity contribution in [1.82, 2.24) is 0 Å². The van der Waals surface area contributed by atoms with Crippen LogP contribution in [0, 0.1) is 0 Å². The van der Waals surface area contributed by atoms with Gasteiger partial charge in [-0.15, -0.1) is 0 Å². The summed E-state index contributed by atoms with van der Waals surface area (Å²) in [5.74, 6) is 6.32. The van der Waals surface area contributed by atoms with Gasteiger partial charge in [0.1, 0.15) is 0 Å². The first kappa shape index (κ1) is 33.9. The maximum absolute atomic E-state index is 6.25. The van der Waals surface area contributed by atoms with E-state index < -0.39 is 18.4 Å². The van der Waals surface area contributed by atoms with Crippen LogP contribution in [0.2, 0.25) is 0 Å². The van der Waals surface area contributed by atoms with Crippen LogP contribution in [0.5, 0.6) is 46.0 Å². The summed E-state index contributed by atoms with van der Waals surface area (Å²) in [5.41, 5.74) is 0. The van der Waals surface area contributed by atoms with Gasteiger partial charge in [-0.2, -0.15) is 0 Å². The standard InChI is InChI=1S/4C12H9O.Sn/c4*1-3-7-11(8-4-1)13-12-9-5-2-6-10-12;/h4*1,3-10H;. The van der Waals surface area contributed by atoms with Crippen molar-refractivity contribution in [1.29, 1.82) is 0 Å². The second-order valence-electron chi connectivity index (χ2n) is 12.5. The third-order valence-electron chi connectivity index (χ3n) is 9.06. The molecule has 0 aliphatic rings. The van der Waals surface area contributed by atoms with Crippen molar-refractivity contribution in [3.8, 4) is 46.0 Å². The van der Waals surface area contributed by atoms with E-state index in [0.717, 1.165) is 46.0 Å². The summed E-state index contributed by atoms with van der Waals surface area (Å²) in [5, 5.41) is 0. The minimum absolute atomic E-state index is 0.782. The van der Waals surface area contributed by atoms with Crippen molar-refractivity contribution >= 4 is 32.7 Å². The van der Waals surface area contributed by atoms with Crippen LogP contribution in [0.4, 0.5) is 0 Å². The quantitative estimate of drug-likeness (QED) is 0.116. The molecule has 0 fully saturated rings. The van der Waals surface area contributed by atoms with Gasteiger partial charge in [0, 0.05) is 0 Å². The molecule has 4 nitrogen and oxygen atoms in total. The molecule has 53 heavy (non-hydrogen) atoms. The molecule has 8 aromatic carbocycles. The first-order valence-corrected chi connectivity index (χ1v) is 23.3. The average Bonchev–Trinajstić information content (AvgIpc) is 3.22. The molecule has 8 aromatic rings. The van der Waals surface area contributed by atoms with Crippen molar-refractivity contribution in [3.05, 3.63) is 218 Å². The van der Waals surface area contributed by atoms with E-state index in [9.17, 15) is 0 Å². The molecule has 0 bridgehead atoms. The summed E-state index contributed by atoms with van der Waals surface area (Å²) in [7, 11) is 0. The Hall–Kier alpha value is -6.24. The maximum atomic E-state index is 6.25. The molecule has 0 aliphatic carbocycles. The Morgan fingerprint density at radius 2 is 0.358 bits per heavy atom. The monoisotopic (exact) mass is 796 g/mol. The van der Waals surface area contributed by atoms with E-state index >= 15 is 0 Å². The van der Waals surface area contributed by atoms with E-state index in [1.165, 1.54) is 14.3 Å². The zero-order valence-corrected chi connectivity index (χ0v) is 31.8. The number of benzene rings is 8. The topological polar surface area (TPSA) is 36.9 Å². The molecule has 256 valence electrons. The van der Waals surface area contributed by atoms with Gasteiger partial charge in [0.2, 0.25) is 0 Å². The van der Waals surface area contributed by atoms with E-state index in [1.54, 1.807) is 0 Å². The number of rotatable bonds is 12.